The first-order chi connectivity index (χ1) is 12.2. The van der Waals surface area contributed by atoms with Crippen molar-refractivity contribution in [3.05, 3.63) is 58.5 Å². The van der Waals surface area contributed by atoms with Gasteiger partial charge in [-0.1, -0.05) is 18.2 Å². The largest absolute Gasteiger partial charge is 0.478 e. The molecule has 2 aromatic rings. The van der Waals surface area contributed by atoms with E-state index in [-0.39, 0.29) is 35.1 Å². The first kappa shape index (κ1) is 18.0. The van der Waals surface area contributed by atoms with Crippen molar-refractivity contribution >= 4 is 11.9 Å². The van der Waals surface area contributed by atoms with Crippen molar-refractivity contribution in [1.82, 2.24) is 5.32 Å². The van der Waals surface area contributed by atoms with E-state index >= 15 is 0 Å². The minimum atomic E-state index is -4.46. The molecule has 2 unspecified atom stereocenters. The Balaban J connectivity index is 1.64. The van der Waals surface area contributed by atoms with Gasteiger partial charge in [-0.2, -0.15) is 13.2 Å². The lowest BCUT2D eigenvalue weighted by Crippen LogP contribution is -2.24. The maximum Gasteiger partial charge on any atom is 0.416 e. The Morgan fingerprint density at radius 1 is 1.31 bits per heavy atom. The van der Waals surface area contributed by atoms with Crippen LogP contribution < -0.4 is 5.32 Å². The third-order valence-corrected chi connectivity index (χ3v) is 4.43. The molecular weight excluding hydrogens is 351 g/mol. The van der Waals surface area contributed by atoms with Crippen LogP contribution in [0, 0.1) is 12.8 Å². The summed E-state index contributed by atoms with van der Waals surface area (Å²) in [5.74, 6) is -2.01. The molecule has 3 rings (SSSR count). The number of carboxylic acid groups (broad SMARTS) is 1. The predicted molar refractivity (Wildman–Crippen MR) is 84.5 cm³/mol. The third-order valence-electron chi connectivity index (χ3n) is 4.43. The fourth-order valence-corrected chi connectivity index (χ4v) is 3.06. The molecule has 5 nitrogen and oxygen atoms in total. The Morgan fingerprint density at radius 3 is 2.62 bits per heavy atom. The molecule has 26 heavy (non-hydrogen) atoms. The first-order valence-corrected chi connectivity index (χ1v) is 7.95. The van der Waals surface area contributed by atoms with Crippen LogP contribution in [0.5, 0.6) is 0 Å². The molecule has 0 spiro atoms. The number of alkyl halides is 3. The molecule has 0 bridgehead atoms. The average Bonchev–Trinajstić information content (AvgIpc) is 3.28. The lowest BCUT2D eigenvalue weighted by atomic mass is 10.0. The summed E-state index contributed by atoms with van der Waals surface area (Å²) in [6, 6.07) is 6.58. The van der Waals surface area contributed by atoms with Crippen molar-refractivity contribution in [1.29, 1.82) is 0 Å². The molecule has 0 radical (unpaired) electrons. The number of furan rings is 1. The smallest absolute Gasteiger partial charge is 0.416 e. The molecule has 1 aromatic heterocycles. The van der Waals surface area contributed by atoms with E-state index in [4.69, 9.17) is 9.52 Å². The van der Waals surface area contributed by atoms with Crippen LogP contribution in [-0.4, -0.2) is 17.0 Å². The molecule has 1 heterocycles. The summed E-state index contributed by atoms with van der Waals surface area (Å²) in [6.45, 7) is 1.48. The number of carboxylic acids is 1. The summed E-state index contributed by atoms with van der Waals surface area (Å²) in [4.78, 5) is 23.2. The zero-order chi connectivity index (χ0) is 19.1. The van der Waals surface area contributed by atoms with Crippen molar-refractivity contribution in [2.24, 2.45) is 5.92 Å². The number of carbonyl (C=O) groups excluding carboxylic acids is 1. The van der Waals surface area contributed by atoms with E-state index in [1.54, 1.807) is 0 Å². The van der Waals surface area contributed by atoms with Crippen molar-refractivity contribution in [2.75, 3.05) is 0 Å². The topological polar surface area (TPSA) is 79.5 Å². The Labute approximate surface area is 146 Å². The molecule has 1 aliphatic rings. The van der Waals surface area contributed by atoms with Crippen LogP contribution in [0.25, 0.3) is 0 Å². The van der Waals surface area contributed by atoms with Crippen molar-refractivity contribution < 1.29 is 32.3 Å². The minimum absolute atomic E-state index is 0.0117. The van der Waals surface area contributed by atoms with E-state index in [0.717, 1.165) is 6.07 Å². The maximum absolute atomic E-state index is 13.1. The van der Waals surface area contributed by atoms with Crippen LogP contribution in [0.2, 0.25) is 0 Å². The maximum atomic E-state index is 13.1. The number of aromatic carboxylic acids is 1. The number of amides is 1. The molecular formula is C18H16F3NO4. The van der Waals surface area contributed by atoms with Gasteiger partial charge in [0.05, 0.1) is 12.1 Å². The highest BCUT2D eigenvalue weighted by Gasteiger charge is 2.47. The van der Waals surface area contributed by atoms with Crippen LogP contribution in [0.15, 0.2) is 34.7 Å². The van der Waals surface area contributed by atoms with Crippen LogP contribution in [0.3, 0.4) is 0 Å². The molecule has 1 saturated carbocycles. The molecule has 1 amide bonds. The van der Waals surface area contributed by atoms with E-state index < -0.39 is 29.5 Å². The highest BCUT2D eigenvalue weighted by Crippen LogP contribution is 2.51. The van der Waals surface area contributed by atoms with Gasteiger partial charge in [-0.15, -0.1) is 0 Å². The number of carbonyl (C=O) groups is 2. The second-order valence-electron chi connectivity index (χ2n) is 6.24. The summed E-state index contributed by atoms with van der Waals surface area (Å²) >= 11 is 0. The van der Waals surface area contributed by atoms with Gasteiger partial charge in [-0.25, -0.2) is 4.79 Å². The summed E-state index contributed by atoms with van der Waals surface area (Å²) < 4.78 is 44.5. The fraction of sp³-hybridized carbons (Fsp3) is 0.333. The van der Waals surface area contributed by atoms with Gasteiger partial charge in [0.2, 0.25) is 5.91 Å². The number of halogens is 3. The highest BCUT2D eigenvalue weighted by atomic mass is 19.4. The normalized spacial score (nSPS) is 19.2. The molecule has 0 saturated heterocycles. The lowest BCUT2D eigenvalue weighted by molar-refractivity contribution is -0.138. The predicted octanol–water partition coefficient (Wildman–Crippen LogP) is 3.72. The summed E-state index contributed by atoms with van der Waals surface area (Å²) in [7, 11) is 0. The molecule has 1 fully saturated rings. The molecule has 2 atom stereocenters. The monoisotopic (exact) mass is 367 g/mol. The number of hydrogen-bond acceptors (Lipinski definition) is 3. The van der Waals surface area contributed by atoms with Crippen LogP contribution in [-0.2, 0) is 17.5 Å². The fourth-order valence-electron chi connectivity index (χ4n) is 3.06. The van der Waals surface area contributed by atoms with Crippen LogP contribution in [0.1, 0.15) is 45.3 Å². The number of hydrogen-bond donors (Lipinski definition) is 2. The average molecular weight is 367 g/mol. The Hall–Kier alpha value is -2.77. The van der Waals surface area contributed by atoms with Gasteiger partial charge in [-0.05, 0) is 37.0 Å². The highest BCUT2D eigenvalue weighted by molar-refractivity contribution is 5.89. The van der Waals surface area contributed by atoms with E-state index in [2.05, 4.69) is 5.32 Å². The van der Waals surface area contributed by atoms with Gasteiger partial charge in [0, 0.05) is 5.92 Å². The second-order valence-corrected chi connectivity index (χ2v) is 6.24. The number of nitrogens with one attached hydrogen (secondary N) is 1. The Bertz CT molecular complexity index is 856. The molecule has 1 aromatic carbocycles. The van der Waals surface area contributed by atoms with Gasteiger partial charge in [-0.3, -0.25) is 4.79 Å². The number of aryl methyl sites for hydroxylation is 1. The lowest BCUT2D eigenvalue weighted by Gasteiger charge is -2.12. The minimum Gasteiger partial charge on any atom is -0.478 e. The van der Waals surface area contributed by atoms with E-state index in [0.29, 0.717) is 6.42 Å². The van der Waals surface area contributed by atoms with Gasteiger partial charge < -0.3 is 14.8 Å². The van der Waals surface area contributed by atoms with Crippen molar-refractivity contribution in [3.63, 3.8) is 0 Å². The zero-order valence-electron chi connectivity index (χ0n) is 13.8. The first-order valence-electron chi connectivity index (χ1n) is 7.95. The Morgan fingerprint density at radius 2 is 2.00 bits per heavy atom. The van der Waals surface area contributed by atoms with Crippen molar-refractivity contribution in [2.45, 2.75) is 32.0 Å². The molecule has 2 N–H and O–H groups in total. The zero-order valence-corrected chi connectivity index (χ0v) is 13.8. The number of benzene rings is 1. The van der Waals surface area contributed by atoms with Gasteiger partial charge in [0.25, 0.3) is 0 Å². The van der Waals surface area contributed by atoms with E-state index in [1.807, 2.05) is 0 Å². The molecule has 8 heteroatoms. The SMILES string of the molecule is Cc1oc(CNC(=O)C2CC2c2ccccc2C(F)(F)F)cc1C(=O)O. The van der Waals surface area contributed by atoms with Crippen LogP contribution >= 0.6 is 0 Å². The second kappa shape index (κ2) is 6.51. The van der Waals surface area contributed by atoms with E-state index in [9.17, 15) is 22.8 Å². The summed E-state index contributed by atoms with van der Waals surface area (Å²) in [5.41, 5.74) is -0.576. The Kier molecular flexibility index (Phi) is 4.52. The quantitative estimate of drug-likeness (QED) is 0.844. The van der Waals surface area contributed by atoms with Crippen LogP contribution in [0.4, 0.5) is 13.2 Å². The molecule has 0 aliphatic heterocycles. The number of rotatable bonds is 5. The van der Waals surface area contributed by atoms with E-state index in [1.165, 1.54) is 31.2 Å². The molecule has 138 valence electrons. The van der Waals surface area contributed by atoms with Gasteiger partial charge in [0.15, 0.2) is 0 Å². The standard InChI is InChI=1S/C18H16F3NO4/c1-9-12(17(24)25)6-10(26-9)8-22-16(23)14-7-13(14)11-4-2-3-5-15(11)18(19,20)21/h2-6,13-14H,7-8H2,1H3,(H,22,23)(H,24,25). The third kappa shape index (κ3) is 3.58. The van der Waals surface area contributed by atoms with Gasteiger partial charge in [0.1, 0.15) is 17.1 Å². The molecule has 1 aliphatic carbocycles. The summed E-state index contributed by atoms with van der Waals surface area (Å²) in [6.07, 6.45) is -4.12. The van der Waals surface area contributed by atoms with Gasteiger partial charge >= 0.3 is 12.1 Å². The van der Waals surface area contributed by atoms with Crippen molar-refractivity contribution in [3.8, 4) is 0 Å². The summed E-state index contributed by atoms with van der Waals surface area (Å²) in [5, 5.41) is 11.6.